The third-order valence-electron chi connectivity index (χ3n) is 7.60. The maximum absolute atomic E-state index is 12.7. The summed E-state index contributed by atoms with van der Waals surface area (Å²) in [6, 6.07) is 7.43. The minimum atomic E-state index is -0.652. The zero-order chi connectivity index (χ0) is 43.7. The van der Waals surface area contributed by atoms with Crippen molar-refractivity contribution in [2.24, 2.45) is 5.92 Å². The van der Waals surface area contributed by atoms with E-state index in [-0.39, 0.29) is 18.4 Å². The number of carbonyl (C=O) groups is 4. The normalized spacial score (nSPS) is 11.5. The smallest absolute Gasteiger partial charge is 0.408 e. The minimum absolute atomic E-state index is 0.00505. The number of aromatic amines is 2. The number of ether oxygens (including phenoxy) is 2. The molecule has 322 valence electrons. The highest BCUT2D eigenvalue weighted by molar-refractivity contribution is 5.85. The molecule has 0 saturated carbocycles. The molecule has 58 heavy (non-hydrogen) atoms. The highest BCUT2D eigenvalue weighted by Gasteiger charge is 2.26. The van der Waals surface area contributed by atoms with Gasteiger partial charge < -0.3 is 40.2 Å². The van der Waals surface area contributed by atoms with Crippen molar-refractivity contribution in [2.45, 2.75) is 138 Å². The molecule has 3 amide bonds. The van der Waals surface area contributed by atoms with Gasteiger partial charge >= 0.3 is 12.2 Å². The van der Waals surface area contributed by atoms with Crippen molar-refractivity contribution in [1.29, 1.82) is 0 Å². The lowest BCUT2D eigenvalue weighted by Gasteiger charge is -2.25. The van der Waals surface area contributed by atoms with Crippen molar-refractivity contribution in [3.63, 3.8) is 0 Å². The zero-order valence-electron chi connectivity index (χ0n) is 37.1. The summed E-state index contributed by atoms with van der Waals surface area (Å²) < 4.78 is 10.1. The summed E-state index contributed by atoms with van der Waals surface area (Å²) in [5, 5.41) is 7.88. The fourth-order valence-corrected chi connectivity index (χ4v) is 4.93. The summed E-state index contributed by atoms with van der Waals surface area (Å²) in [6.07, 6.45) is 9.11. The van der Waals surface area contributed by atoms with Crippen LogP contribution in [-0.2, 0) is 32.0 Å². The van der Waals surface area contributed by atoms with E-state index >= 15 is 0 Å². The summed E-state index contributed by atoms with van der Waals surface area (Å²) >= 11 is 0. The Balaban J connectivity index is 0.00000103. The van der Waals surface area contributed by atoms with E-state index < -0.39 is 29.4 Å². The molecule has 0 aliphatic heterocycles. The molecule has 1 atom stereocenters. The van der Waals surface area contributed by atoms with E-state index in [4.69, 9.17) is 9.47 Å². The molecule has 2 heterocycles. The first-order valence-electron chi connectivity index (χ1n) is 20.4. The van der Waals surface area contributed by atoms with Crippen LogP contribution in [0.3, 0.4) is 0 Å². The Labute approximate surface area is 346 Å². The van der Waals surface area contributed by atoms with Gasteiger partial charge in [0.2, 0.25) is 5.91 Å². The lowest BCUT2D eigenvalue weighted by atomic mass is 10.0. The number of hydrogen-bond donors (Lipinski definition) is 5. The molecule has 2 aromatic heterocycles. The van der Waals surface area contributed by atoms with Crippen LogP contribution in [-0.4, -0.2) is 93.1 Å². The lowest BCUT2D eigenvalue weighted by molar-refractivity contribution is -0.124. The number of hydrogen-bond acceptors (Lipinski definition) is 9. The monoisotopic (exact) mass is 807 g/mol. The van der Waals surface area contributed by atoms with Gasteiger partial charge in [0.15, 0.2) is 0 Å². The fraction of sp³-hybridized carbons (Fsp3) is 0.591. The number of aldehydes is 1. The molecule has 14 heteroatoms. The fourth-order valence-electron chi connectivity index (χ4n) is 4.93. The second-order valence-corrected chi connectivity index (χ2v) is 16.3. The van der Waals surface area contributed by atoms with Crippen molar-refractivity contribution >= 4 is 24.4 Å². The van der Waals surface area contributed by atoms with Crippen LogP contribution >= 0.6 is 0 Å². The average Bonchev–Trinajstić information content (AvgIpc) is 3.80. The molecule has 0 radical (unpaired) electrons. The third kappa shape index (κ3) is 23.2. The topological polar surface area (TPSA) is 183 Å². The van der Waals surface area contributed by atoms with Gasteiger partial charge in [-0.2, -0.15) is 0 Å². The number of carbonyl (C=O) groups excluding carboxylic acids is 4. The summed E-state index contributed by atoms with van der Waals surface area (Å²) in [7, 11) is 2.11. The maximum atomic E-state index is 12.7. The molecule has 0 bridgehead atoms. The molecular weight excluding hydrogens is 737 g/mol. The Bertz CT molecular complexity index is 1710. The minimum Gasteiger partial charge on any atom is -0.444 e. The summed E-state index contributed by atoms with van der Waals surface area (Å²) in [5.41, 5.74) is 2.59. The molecule has 0 aliphatic rings. The van der Waals surface area contributed by atoms with Crippen molar-refractivity contribution in [3.05, 3.63) is 59.6 Å². The second kappa shape index (κ2) is 26.7. The lowest BCUT2D eigenvalue weighted by Crippen LogP contribution is -2.51. The van der Waals surface area contributed by atoms with Crippen LogP contribution < -0.4 is 16.0 Å². The number of aryl methyl sites for hydroxylation is 1. The molecule has 0 aliphatic carbocycles. The molecule has 0 spiro atoms. The predicted octanol–water partition coefficient (Wildman–Crippen LogP) is 7.55. The quantitative estimate of drug-likeness (QED) is 0.0555. The standard InChI is InChI=1S/C34H49N7O3.C7H13NO3.C3H8/c1-8-9-20-41(7)23-30-36-21-27(38-30)18-15-25-13-16-26(17-14-25)28-22-37-29(39-28)12-10-11-19-35-32(42)31(24(2)3)40-33(43)44-34(4,5)6;1-7(2,3)11-6(10)8-4-5-9;1-3-2/h13-14,16-17,21-22,24,31H,8-12,19-20,23H2,1-7H3,(H,35,42)(H,36,38)(H,37,39)(H,40,43);5H,4H2,1-3H3,(H,8,10);3H2,1-2H3. The predicted molar refractivity (Wildman–Crippen MR) is 230 cm³/mol. The first kappa shape index (κ1) is 50.9. The van der Waals surface area contributed by atoms with E-state index in [1.807, 2.05) is 44.3 Å². The Kier molecular flexibility index (Phi) is 23.4. The average molecular weight is 807 g/mol. The van der Waals surface area contributed by atoms with Gasteiger partial charge in [-0.15, -0.1) is 0 Å². The van der Waals surface area contributed by atoms with E-state index in [0.717, 1.165) is 66.5 Å². The molecule has 1 aromatic carbocycles. The summed E-state index contributed by atoms with van der Waals surface area (Å²) in [4.78, 5) is 63.3. The van der Waals surface area contributed by atoms with Crippen LogP contribution in [0.2, 0.25) is 0 Å². The Morgan fingerprint density at radius 1 is 0.845 bits per heavy atom. The molecule has 0 saturated heterocycles. The number of nitrogens with one attached hydrogen (secondary N) is 5. The van der Waals surface area contributed by atoms with Gasteiger partial charge in [0, 0.05) is 18.5 Å². The maximum Gasteiger partial charge on any atom is 0.408 e. The highest BCUT2D eigenvalue weighted by Crippen LogP contribution is 2.18. The van der Waals surface area contributed by atoms with Crippen LogP contribution in [0.1, 0.15) is 131 Å². The van der Waals surface area contributed by atoms with Crippen LogP contribution in [0.4, 0.5) is 9.59 Å². The van der Waals surface area contributed by atoms with E-state index in [1.54, 1.807) is 47.7 Å². The summed E-state index contributed by atoms with van der Waals surface area (Å²) in [6.45, 7) is 23.2. The number of nitrogens with zero attached hydrogens (tertiary/aromatic N) is 3. The summed E-state index contributed by atoms with van der Waals surface area (Å²) in [5.74, 6) is 7.93. The SMILES string of the molecule is CC(C)(C)OC(=O)NCC=O.CCC.CCCCN(C)Cc1ncc(C#Cc2ccc(-c3cnc(CCCCNC(=O)C(NC(=O)OC(C)(C)C)C(C)C)[nH]3)cc2)[nH]1. The van der Waals surface area contributed by atoms with Crippen molar-refractivity contribution in [1.82, 2.24) is 40.8 Å². The molecule has 5 N–H and O–H groups in total. The second-order valence-electron chi connectivity index (χ2n) is 16.3. The van der Waals surface area contributed by atoms with Crippen LogP contribution in [0.5, 0.6) is 0 Å². The van der Waals surface area contributed by atoms with E-state index in [2.05, 4.69) is 80.4 Å². The van der Waals surface area contributed by atoms with Crippen molar-refractivity contribution in [3.8, 4) is 23.1 Å². The van der Waals surface area contributed by atoms with Crippen LogP contribution in [0, 0.1) is 17.8 Å². The van der Waals surface area contributed by atoms with Crippen molar-refractivity contribution in [2.75, 3.05) is 26.7 Å². The Morgan fingerprint density at radius 3 is 2.05 bits per heavy atom. The van der Waals surface area contributed by atoms with E-state index in [1.165, 1.54) is 19.3 Å². The Morgan fingerprint density at radius 2 is 1.47 bits per heavy atom. The van der Waals surface area contributed by atoms with Gasteiger partial charge in [0.05, 0.1) is 31.2 Å². The number of imidazole rings is 2. The van der Waals surface area contributed by atoms with Gasteiger partial charge in [-0.1, -0.05) is 65.5 Å². The molecule has 1 unspecified atom stereocenters. The van der Waals surface area contributed by atoms with Gasteiger partial charge in [-0.25, -0.2) is 19.6 Å². The van der Waals surface area contributed by atoms with Gasteiger partial charge in [0.25, 0.3) is 0 Å². The van der Waals surface area contributed by atoms with Gasteiger partial charge in [0.1, 0.15) is 40.9 Å². The highest BCUT2D eigenvalue weighted by atomic mass is 16.6. The third-order valence-corrected chi connectivity index (χ3v) is 7.60. The largest absolute Gasteiger partial charge is 0.444 e. The molecule has 14 nitrogen and oxygen atoms in total. The van der Waals surface area contributed by atoms with E-state index in [9.17, 15) is 19.2 Å². The van der Waals surface area contributed by atoms with Crippen LogP contribution in [0.25, 0.3) is 11.3 Å². The van der Waals surface area contributed by atoms with E-state index in [0.29, 0.717) is 12.8 Å². The zero-order valence-corrected chi connectivity index (χ0v) is 37.1. The first-order chi connectivity index (χ1) is 27.3. The number of amides is 3. The van der Waals surface area contributed by atoms with Crippen molar-refractivity contribution < 1.29 is 28.7 Å². The number of H-pyrrole nitrogens is 2. The first-order valence-corrected chi connectivity index (χ1v) is 20.4. The Hall–Kier alpha value is -5.16. The van der Waals surface area contributed by atoms with Crippen LogP contribution in [0.15, 0.2) is 36.7 Å². The number of benzene rings is 1. The number of aromatic nitrogens is 4. The van der Waals surface area contributed by atoms with Gasteiger partial charge in [-0.05, 0) is 104 Å². The van der Waals surface area contributed by atoms with Gasteiger partial charge in [-0.3, -0.25) is 9.69 Å². The number of unbranched alkanes of at least 4 members (excludes halogenated alkanes) is 2. The molecular formula is C44H70N8O6. The molecule has 0 fully saturated rings. The number of alkyl carbamates (subject to hydrolysis) is 2. The molecule has 3 rings (SSSR count). The molecule has 3 aromatic rings. The number of rotatable bonds is 16.